The van der Waals surface area contributed by atoms with Crippen molar-refractivity contribution >= 4 is 33.4 Å². The molecule has 7 heteroatoms. The van der Waals surface area contributed by atoms with Gasteiger partial charge in [-0.25, -0.2) is 4.98 Å². The molecule has 32 heavy (non-hydrogen) atoms. The number of aromatic nitrogens is 6. The SMILES string of the molecule is c1ccc2[nH]c(-n3nc(N4CCc5cc(-c6ccn[nH]6)ccc54)c4ccccc43)nc2c1. The van der Waals surface area contributed by atoms with Gasteiger partial charge in [-0.3, -0.25) is 5.10 Å². The summed E-state index contributed by atoms with van der Waals surface area (Å²) in [5.41, 5.74) is 7.67. The largest absolute Gasteiger partial charge is 0.324 e. The first kappa shape index (κ1) is 17.3. The molecule has 2 N–H and O–H groups in total. The number of imidazole rings is 1. The van der Waals surface area contributed by atoms with Crippen LogP contribution in [0.25, 0.3) is 39.1 Å². The van der Waals surface area contributed by atoms with Crippen molar-refractivity contribution in [2.75, 3.05) is 11.4 Å². The molecule has 0 bridgehead atoms. The summed E-state index contributed by atoms with van der Waals surface area (Å²) >= 11 is 0. The van der Waals surface area contributed by atoms with Crippen LogP contribution in [0, 0.1) is 0 Å². The second kappa shape index (κ2) is 6.55. The second-order valence-electron chi connectivity index (χ2n) is 8.05. The molecule has 4 heterocycles. The number of benzene rings is 3. The average molecular weight is 417 g/mol. The smallest absolute Gasteiger partial charge is 0.229 e. The standard InChI is InChI=1S/C25H19N7/c1-4-8-23-18(5-1)24(30-32(23)25-27-20-6-2-3-7-21(20)28-25)31-14-12-17-15-16(9-10-22(17)31)19-11-13-26-29-19/h1-11,13,15H,12,14H2,(H,26,29)(H,27,28). The van der Waals surface area contributed by atoms with E-state index in [1.165, 1.54) is 11.3 Å². The Morgan fingerprint density at radius 3 is 2.72 bits per heavy atom. The summed E-state index contributed by atoms with van der Waals surface area (Å²) in [6, 6.07) is 25.0. The lowest BCUT2D eigenvalue weighted by Gasteiger charge is -2.17. The Labute approximate surface area is 183 Å². The van der Waals surface area contributed by atoms with Gasteiger partial charge in [0.25, 0.3) is 0 Å². The molecule has 0 aliphatic carbocycles. The van der Waals surface area contributed by atoms with Gasteiger partial charge in [-0.2, -0.15) is 9.78 Å². The third kappa shape index (κ3) is 2.51. The molecular formula is C25H19N7. The van der Waals surface area contributed by atoms with Gasteiger partial charge >= 0.3 is 0 Å². The van der Waals surface area contributed by atoms with Gasteiger partial charge in [0.2, 0.25) is 5.95 Å². The first-order valence-corrected chi connectivity index (χ1v) is 10.7. The van der Waals surface area contributed by atoms with Crippen LogP contribution >= 0.6 is 0 Å². The van der Waals surface area contributed by atoms with Crippen LogP contribution in [-0.2, 0) is 6.42 Å². The normalized spacial score (nSPS) is 13.3. The molecule has 0 unspecified atom stereocenters. The highest BCUT2D eigenvalue weighted by Gasteiger charge is 2.26. The summed E-state index contributed by atoms with van der Waals surface area (Å²) in [7, 11) is 0. The predicted molar refractivity (Wildman–Crippen MR) is 125 cm³/mol. The first-order valence-electron chi connectivity index (χ1n) is 10.7. The van der Waals surface area contributed by atoms with Gasteiger partial charge in [0.1, 0.15) is 0 Å². The molecule has 0 radical (unpaired) electrons. The van der Waals surface area contributed by atoms with Crippen LogP contribution < -0.4 is 4.90 Å². The number of nitrogens with one attached hydrogen (secondary N) is 2. The van der Waals surface area contributed by atoms with E-state index in [0.29, 0.717) is 0 Å². The highest BCUT2D eigenvalue weighted by molar-refractivity contribution is 5.94. The van der Waals surface area contributed by atoms with E-state index in [4.69, 9.17) is 10.1 Å². The van der Waals surface area contributed by atoms with Crippen molar-refractivity contribution in [2.45, 2.75) is 6.42 Å². The fourth-order valence-corrected chi connectivity index (χ4v) is 4.66. The van der Waals surface area contributed by atoms with E-state index in [0.717, 1.165) is 57.9 Å². The van der Waals surface area contributed by atoms with Gasteiger partial charge < -0.3 is 9.88 Å². The van der Waals surface area contributed by atoms with Crippen molar-refractivity contribution in [3.05, 3.63) is 84.6 Å². The van der Waals surface area contributed by atoms with Crippen molar-refractivity contribution in [3.8, 4) is 17.2 Å². The fourth-order valence-electron chi connectivity index (χ4n) is 4.66. The van der Waals surface area contributed by atoms with Crippen molar-refractivity contribution < 1.29 is 0 Å². The summed E-state index contributed by atoms with van der Waals surface area (Å²) in [4.78, 5) is 10.5. The summed E-state index contributed by atoms with van der Waals surface area (Å²) in [6.07, 6.45) is 2.76. The third-order valence-electron chi connectivity index (χ3n) is 6.19. The molecule has 3 aromatic carbocycles. The number of aromatic amines is 2. The molecule has 1 aliphatic rings. The third-order valence-corrected chi connectivity index (χ3v) is 6.19. The minimum atomic E-state index is 0.725. The van der Waals surface area contributed by atoms with Crippen LogP contribution in [0.2, 0.25) is 0 Å². The number of H-pyrrole nitrogens is 2. The zero-order valence-corrected chi connectivity index (χ0v) is 17.2. The molecule has 154 valence electrons. The van der Waals surface area contributed by atoms with E-state index >= 15 is 0 Å². The molecule has 0 amide bonds. The van der Waals surface area contributed by atoms with Crippen LogP contribution in [0.5, 0.6) is 0 Å². The molecule has 0 fully saturated rings. The minimum Gasteiger partial charge on any atom is -0.324 e. The summed E-state index contributed by atoms with van der Waals surface area (Å²) < 4.78 is 1.92. The van der Waals surface area contributed by atoms with Crippen molar-refractivity contribution in [1.29, 1.82) is 0 Å². The summed E-state index contributed by atoms with van der Waals surface area (Å²) in [6.45, 7) is 0.892. The monoisotopic (exact) mass is 417 g/mol. The van der Waals surface area contributed by atoms with Crippen molar-refractivity contribution in [3.63, 3.8) is 0 Å². The lowest BCUT2D eigenvalue weighted by Crippen LogP contribution is -2.14. The lowest BCUT2D eigenvalue weighted by atomic mass is 10.1. The molecule has 3 aromatic heterocycles. The Bertz CT molecular complexity index is 1560. The summed E-state index contributed by atoms with van der Waals surface area (Å²) in [5.74, 6) is 1.68. The van der Waals surface area contributed by atoms with E-state index in [1.54, 1.807) is 6.20 Å². The Morgan fingerprint density at radius 2 is 1.81 bits per heavy atom. The van der Waals surface area contributed by atoms with Crippen LogP contribution in [0.1, 0.15) is 5.56 Å². The van der Waals surface area contributed by atoms with Crippen LogP contribution in [0.4, 0.5) is 11.5 Å². The van der Waals surface area contributed by atoms with Gasteiger partial charge in [-0.1, -0.05) is 30.3 Å². The maximum atomic E-state index is 5.04. The summed E-state index contributed by atoms with van der Waals surface area (Å²) in [5, 5.41) is 13.3. The van der Waals surface area contributed by atoms with Crippen LogP contribution in [0.3, 0.4) is 0 Å². The zero-order valence-electron chi connectivity index (χ0n) is 17.2. The van der Waals surface area contributed by atoms with Gasteiger partial charge in [0.15, 0.2) is 5.82 Å². The Hall–Kier alpha value is -4.39. The molecule has 0 saturated carbocycles. The minimum absolute atomic E-state index is 0.725. The number of hydrogen-bond donors (Lipinski definition) is 2. The van der Waals surface area contributed by atoms with E-state index in [2.05, 4.69) is 56.5 Å². The number of hydrogen-bond acceptors (Lipinski definition) is 4. The van der Waals surface area contributed by atoms with Gasteiger partial charge in [-0.05, 0) is 60.0 Å². The molecule has 7 nitrogen and oxygen atoms in total. The fraction of sp³-hybridized carbons (Fsp3) is 0.0800. The van der Waals surface area contributed by atoms with E-state index in [1.807, 2.05) is 41.1 Å². The Balaban J connectivity index is 1.36. The molecule has 0 saturated heterocycles. The molecule has 7 rings (SSSR count). The number of rotatable bonds is 3. The number of para-hydroxylation sites is 3. The molecule has 0 spiro atoms. The average Bonchev–Trinajstić information content (AvgIpc) is 3.62. The van der Waals surface area contributed by atoms with Crippen LogP contribution in [0.15, 0.2) is 79.0 Å². The quantitative estimate of drug-likeness (QED) is 0.425. The van der Waals surface area contributed by atoms with Crippen molar-refractivity contribution in [2.24, 2.45) is 0 Å². The molecule has 6 aromatic rings. The Kier molecular flexibility index (Phi) is 3.54. The Morgan fingerprint density at radius 1 is 0.906 bits per heavy atom. The topological polar surface area (TPSA) is 78.4 Å². The maximum Gasteiger partial charge on any atom is 0.229 e. The van der Waals surface area contributed by atoms with E-state index in [-0.39, 0.29) is 0 Å². The first-order chi connectivity index (χ1) is 15.8. The van der Waals surface area contributed by atoms with Gasteiger partial charge in [-0.15, -0.1) is 5.10 Å². The predicted octanol–water partition coefficient (Wildman–Crippen LogP) is 4.99. The van der Waals surface area contributed by atoms with E-state index < -0.39 is 0 Å². The van der Waals surface area contributed by atoms with Crippen molar-refractivity contribution in [1.82, 2.24) is 29.9 Å². The maximum absolute atomic E-state index is 5.04. The number of nitrogens with zero attached hydrogens (tertiary/aromatic N) is 5. The number of fused-ring (bicyclic) bond motifs is 3. The van der Waals surface area contributed by atoms with Gasteiger partial charge in [0, 0.05) is 23.8 Å². The highest BCUT2D eigenvalue weighted by Crippen LogP contribution is 2.39. The van der Waals surface area contributed by atoms with Crippen LogP contribution in [-0.4, -0.2) is 36.5 Å². The lowest BCUT2D eigenvalue weighted by molar-refractivity contribution is 0.840. The molecule has 0 atom stereocenters. The number of anilines is 2. The second-order valence-corrected chi connectivity index (χ2v) is 8.05. The van der Waals surface area contributed by atoms with E-state index in [9.17, 15) is 0 Å². The zero-order chi connectivity index (χ0) is 21.1. The highest BCUT2D eigenvalue weighted by atomic mass is 15.4. The molecular weight excluding hydrogens is 398 g/mol. The molecule has 1 aliphatic heterocycles. The van der Waals surface area contributed by atoms with Gasteiger partial charge in [0.05, 0.1) is 22.2 Å².